The zero-order chi connectivity index (χ0) is 26.4. The Morgan fingerprint density at radius 1 is 1.11 bits per heavy atom. The number of thioether (sulfide) groups is 1. The van der Waals surface area contributed by atoms with Gasteiger partial charge >= 0.3 is 0 Å². The molecule has 0 saturated carbocycles. The number of aryl methyl sites for hydroxylation is 1. The highest BCUT2D eigenvalue weighted by atomic mass is 79.9. The van der Waals surface area contributed by atoms with Crippen LogP contribution >= 0.6 is 27.7 Å². The minimum Gasteiger partial charge on any atom is -0.494 e. The predicted octanol–water partition coefficient (Wildman–Crippen LogP) is 6.57. The Hall–Kier alpha value is -3.44. The number of rotatable bonds is 11. The molecule has 0 fully saturated rings. The van der Waals surface area contributed by atoms with E-state index in [1.807, 2.05) is 42.7 Å². The van der Waals surface area contributed by atoms with E-state index in [1.54, 1.807) is 30.3 Å². The van der Waals surface area contributed by atoms with Gasteiger partial charge in [0.05, 0.1) is 6.61 Å². The molecule has 0 aliphatic heterocycles. The second-order valence-electron chi connectivity index (χ2n) is 8.01. The van der Waals surface area contributed by atoms with Crippen molar-refractivity contribution >= 4 is 27.7 Å². The fraction of sp³-hybridized carbons (Fsp3) is 0.231. The lowest BCUT2D eigenvalue weighted by molar-refractivity contribution is -0.479. The van der Waals surface area contributed by atoms with Crippen LogP contribution < -0.4 is 9.47 Å². The molecule has 0 spiro atoms. The molecule has 4 aromatic rings. The zero-order valence-electron chi connectivity index (χ0n) is 20.1. The Kier molecular flexibility index (Phi) is 8.78. The molecule has 0 radical (unpaired) electrons. The highest BCUT2D eigenvalue weighted by Gasteiger charge is 2.27. The van der Waals surface area contributed by atoms with E-state index in [2.05, 4.69) is 26.1 Å². The lowest BCUT2D eigenvalue weighted by atomic mass is 10.1. The van der Waals surface area contributed by atoms with Gasteiger partial charge in [0.15, 0.2) is 5.16 Å². The third-order valence-corrected chi connectivity index (χ3v) is 7.02. The van der Waals surface area contributed by atoms with Crippen LogP contribution in [0.25, 0.3) is 5.69 Å². The Labute approximate surface area is 226 Å². The molecule has 4 rings (SSSR count). The third kappa shape index (κ3) is 6.86. The fourth-order valence-electron chi connectivity index (χ4n) is 3.73. The van der Waals surface area contributed by atoms with Crippen molar-refractivity contribution in [2.45, 2.75) is 30.9 Å². The summed E-state index contributed by atoms with van der Waals surface area (Å²) in [6.07, 6.45) is 0. The van der Waals surface area contributed by atoms with Crippen LogP contribution in [0.2, 0.25) is 0 Å². The summed E-state index contributed by atoms with van der Waals surface area (Å²) in [7, 11) is 0. The van der Waals surface area contributed by atoms with E-state index >= 15 is 0 Å². The van der Waals surface area contributed by atoms with E-state index in [1.165, 1.54) is 23.9 Å². The first kappa shape index (κ1) is 26.6. The van der Waals surface area contributed by atoms with Gasteiger partial charge in [0.1, 0.15) is 35.0 Å². The molecule has 37 heavy (non-hydrogen) atoms. The number of hydrogen-bond acceptors (Lipinski definition) is 7. The van der Waals surface area contributed by atoms with Gasteiger partial charge in [-0.15, -0.1) is 10.2 Å². The molecular formula is C26H24BrFN4O4S. The topological polar surface area (TPSA) is 92.3 Å². The van der Waals surface area contributed by atoms with Crippen LogP contribution in [0.3, 0.4) is 0 Å². The van der Waals surface area contributed by atoms with Gasteiger partial charge in [-0.2, -0.15) is 0 Å². The van der Waals surface area contributed by atoms with Crippen LogP contribution in [-0.2, 0) is 6.61 Å². The third-order valence-electron chi connectivity index (χ3n) is 5.37. The molecule has 1 heterocycles. The normalized spacial score (nSPS) is 11.8. The molecule has 0 unspecified atom stereocenters. The molecule has 11 heteroatoms. The highest BCUT2D eigenvalue weighted by Crippen LogP contribution is 2.41. The number of halogens is 2. The minimum absolute atomic E-state index is 0.115. The number of nitro groups is 1. The lowest BCUT2D eigenvalue weighted by Crippen LogP contribution is -2.13. The van der Waals surface area contributed by atoms with Crippen molar-refractivity contribution in [2.75, 3.05) is 13.2 Å². The van der Waals surface area contributed by atoms with Crippen molar-refractivity contribution in [1.82, 2.24) is 14.8 Å². The quantitative estimate of drug-likeness (QED) is 0.111. The number of nitrogens with zero attached hydrogens (tertiary/aromatic N) is 4. The molecule has 0 saturated heterocycles. The van der Waals surface area contributed by atoms with Crippen LogP contribution in [-0.4, -0.2) is 32.8 Å². The summed E-state index contributed by atoms with van der Waals surface area (Å²) in [6.45, 7) is 4.05. The van der Waals surface area contributed by atoms with Gasteiger partial charge in [0.2, 0.25) is 6.54 Å². The van der Waals surface area contributed by atoms with Gasteiger partial charge in [0, 0.05) is 20.6 Å². The minimum atomic E-state index is -0.639. The molecule has 192 valence electrons. The zero-order valence-corrected chi connectivity index (χ0v) is 22.5. The molecule has 8 nitrogen and oxygen atoms in total. The van der Waals surface area contributed by atoms with Gasteiger partial charge in [-0.05, 0) is 74.0 Å². The maximum absolute atomic E-state index is 13.6. The Bertz CT molecular complexity index is 1380. The van der Waals surface area contributed by atoms with Gasteiger partial charge < -0.3 is 9.47 Å². The van der Waals surface area contributed by atoms with E-state index in [9.17, 15) is 14.5 Å². The monoisotopic (exact) mass is 586 g/mol. The van der Waals surface area contributed by atoms with E-state index in [0.717, 1.165) is 15.9 Å². The fourth-order valence-corrected chi connectivity index (χ4v) is 5.30. The van der Waals surface area contributed by atoms with Crippen LogP contribution in [0.1, 0.15) is 29.1 Å². The summed E-state index contributed by atoms with van der Waals surface area (Å²) in [5.74, 6) is 1.49. The van der Waals surface area contributed by atoms with Crippen molar-refractivity contribution in [3.8, 4) is 17.2 Å². The Morgan fingerprint density at radius 3 is 2.59 bits per heavy atom. The largest absolute Gasteiger partial charge is 0.494 e. The lowest BCUT2D eigenvalue weighted by Gasteiger charge is -2.18. The average molecular weight is 587 g/mol. The standard InChI is InChI=1S/C26H24BrFN4O4S/c1-3-35-22-10-8-21(9-11-22)32-17(2)29-30-26(32)37-25(15-31(33)34)23-14-19(27)7-12-24(23)36-16-18-5-4-6-20(28)13-18/h4-14,25H,3,15-16H2,1-2H3/t25-/m0/s1. The molecule has 0 amide bonds. The van der Waals surface area contributed by atoms with Gasteiger partial charge in [0.25, 0.3) is 0 Å². The summed E-state index contributed by atoms with van der Waals surface area (Å²) in [5, 5.41) is 20.1. The van der Waals surface area contributed by atoms with Crippen molar-refractivity contribution in [3.63, 3.8) is 0 Å². The van der Waals surface area contributed by atoms with Crippen molar-refractivity contribution < 1.29 is 18.8 Å². The van der Waals surface area contributed by atoms with E-state index in [-0.39, 0.29) is 23.9 Å². The van der Waals surface area contributed by atoms with Gasteiger partial charge in [-0.25, -0.2) is 4.39 Å². The summed E-state index contributed by atoms with van der Waals surface area (Å²) < 4.78 is 27.8. The molecule has 1 atom stereocenters. The second kappa shape index (κ2) is 12.2. The summed E-state index contributed by atoms with van der Waals surface area (Å²) in [4.78, 5) is 11.3. The number of hydrogen-bond donors (Lipinski definition) is 0. The molecule has 3 aromatic carbocycles. The van der Waals surface area contributed by atoms with Gasteiger partial charge in [-0.3, -0.25) is 14.7 Å². The van der Waals surface area contributed by atoms with Crippen LogP contribution in [0.15, 0.2) is 76.4 Å². The Morgan fingerprint density at radius 2 is 1.89 bits per heavy atom. The molecule has 0 N–H and O–H groups in total. The Balaban J connectivity index is 1.66. The first-order valence-electron chi connectivity index (χ1n) is 11.4. The van der Waals surface area contributed by atoms with Crippen LogP contribution in [0.5, 0.6) is 11.5 Å². The number of ether oxygens (including phenoxy) is 2. The van der Waals surface area contributed by atoms with E-state index in [4.69, 9.17) is 9.47 Å². The number of benzene rings is 3. The summed E-state index contributed by atoms with van der Waals surface area (Å²) >= 11 is 4.70. The first-order valence-corrected chi connectivity index (χ1v) is 13.1. The summed E-state index contributed by atoms with van der Waals surface area (Å²) in [5.41, 5.74) is 2.08. The second-order valence-corrected chi connectivity index (χ2v) is 10.1. The van der Waals surface area contributed by atoms with Crippen molar-refractivity contribution in [1.29, 1.82) is 0 Å². The maximum atomic E-state index is 13.6. The smallest absolute Gasteiger partial charge is 0.220 e. The van der Waals surface area contributed by atoms with E-state index < -0.39 is 5.25 Å². The predicted molar refractivity (Wildman–Crippen MR) is 143 cm³/mol. The maximum Gasteiger partial charge on any atom is 0.220 e. The molecular weight excluding hydrogens is 563 g/mol. The van der Waals surface area contributed by atoms with Crippen molar-refractivity contribution in [2.24, 2.45) is 0 Å². The molecule has 1 aromatic heterocycles. The molecule has 0 aliphatic carbocycles. The first-order chi connectivity index (χ1) is 17.8. The molecule has 0 bridgehead atoms. The van der Waals surface area contributed by atoms with Crippen molar-refractivity contribution in [3.05, 3.63) is 104 Å². The van der Waals surface area contributed by atoms with Gasteiger partial charge in [-0.1, -0.05) is 39.8 Å². The summed E-state index contributed by atoms with van der Waals surface area (Å²) in [6, 6.07) is 18.9. The van der Waals surface area contributed by atoms with Crippen LogP contribution in [0.4, 0.5) is 4.39 Å². The molecule has 0 aliphatic rings. The number of aromatic nitrogens is 3. The highest BCUT2D eigenvalue weighted by molar-refractivity contribution is 9.10. The SMILES string of the molecule is CCOc1ccc(-n2c(C)nnc2S[C@@H](C[N+](=O)[O-])c2cc(Br)ccc2OCc2cccc(F)c2)cc1. The van der Waals surface area contributed by atoms with Crippen LogP contribution in [0, 0.1) is 22.9 Å². The average Bonchev–Trinajstić information content (AvgIpc) is 3.23. The van der Waals surface area contributed by atoms with E-state index in [0.29, 0.717) is 34.5 Å².